The fourth-order valence-corrected chi connectivity index (χ4v) is 3.10. The molecule has 0 atom stereocenters. The predicted molar refractivity (Wildman–Crippen MR) is 72.9 cm³/mol. The van der Waals surface area contributed by atoms with Crippen molar-refractivity contribution in [2.45, 2.75) is 13.5 Å². The van der Waals surface area contributed by atoms with E-state index in [9.17, 15) is 0 Å². The molecule has 0 spiro atoms. The quantitative estimate of drug-likeness (QED) is 0.490. The predicted octanol–water partition coefficient (Wildman–Crippen LogP) is 2.50. The Balaban J connectivity index is 1.90. The van der Waals surface area contributed by atoms with Gasteiger partial charge in [0.05, 0.1) is 12.1 Å². The second kappa shape index (κ2) is 3.30. The zero-order chi connectivity index (χ0) is 13.3. The standard InChI is InChI=1S/C15H11N3O2/c1-8-2-11-10-5-14-13(19-7-20-14)4-9(10)6-18-15(11)12(3-8)16-17-18/h2-5H,6-7H2,1H3. The van der Waals surface area contributed by atoms with Gasteiger partial charge in [-0.05, 0) is 47.9 Å². The summed E-state index contributed by atoms with van der Waals surface area (Å²) in [6, 6.07) is 8.38. The molecule has 0 N–H and O–H groups in total. The molecule has 0 amide bonds. The average molecular weight is 265 g/mol. The van der Waals surface area contributed by atoms with Crippen molar-refractivity contribution >= 4 is 11.0 Å². The van der Waals surface area contributed by atoms with Crippen LogP contribution >= 0.6 is 0 Å². The van der Waals surface area contributed by atoms with E-state index >= 15 is 0 Å². The Bertz CT molecular complexity index is 882. The summed E-state index contributed by atoms with van der Waals surface area (Å²) >= 11 is 0. The minimum Gasteiger partial charge on any atom is -0.454 e. The Hall–Kier alpha value is -2.56. The summed E-state index contributed by atoms with van der Waals surface area (Å²) in [5.41, 5.74) is 6.79. The molecule has 5 nitrogen and oxygen atoms in total. The molecule has 2 aliphatic heterocycles. The van der Waals surface area contributed by atoms with Crippen molar-refractivity contribution in [3.8, 4) is 22.6 Å². The number of benzene rings is 2. The van der Waals surface area contributed by atoms with Crippen molar-refractivity contribution in [2.24, 2.45) is 0 Å². The number of rotatable bonds is 0. The molecule has 3 heterocycles. The molecule has 20 heavy (non-hydrogen) atoms. The molecule has 0 fully saturated rings. The van der Waals surface area contributed by atoms with E-state index < -0.39 is 0 Å². The first-order chi connectivity index (χ1) is 9.79. The maximum Gasteiger partial charge on any atom is 0.231 e. The van der Waals surface area contributed by atoms with Gasteiger partial charge in [-0.2, -0.15) is 0 Å². The summed E-state index contributed by atoms with van der Waals surface area (Å²) in [6.45, 7) is 3.10. The zero-order valence-electron chi connectivity index (χ0n) is 10.9. The van der Waals surface area contributed by atoms with Crippen LogP contribution in [-0.4, -0.2) is 21.8 Å². The van der Waals surface area contributed by atoms with Gasteiger partial charge in [-0.1, -0.05) is 5.21 Å². The summed E-state index contributed by atoms with van der Waals surface area (Å²) in [6.07, 6.45) is 0. The highest BCUT2D eigenvalue weighted by Gasteiger charge is 2.24. The van der Waals surface area contributed by atoms with Gasteiger partial charge in [0, 0.05) is 5.56 Å². The maximum atomic E-state index is 5.50. The normalized spacial score (nSPS) is 14.7. The molecule has 0 saturated carbocycles. The van der Waals surface area contributed by atoms with Crippen LogP contribution in [0.25, 0.3) is 22.2 Å². The smallest absolute Gasteiger partial charge is 0.231 e. The maximum absolute atomic E-state index is 5.50. The zero-order valence-corrected chi connectivity index (χ0v) is 10.9. The lowest BCUT2D eigenvalue weighted by molar-refractivity contribution is 0.174. The van der Waals surface area contributed by atoms with Crippen molar-refractivity contribution in [1.29, 1.82) is 0 Å². The molecule has 0 bridgehead atoms. The fraction of sp³-hybridized carbons (Fsp3) is 0.200. The van der Waals surface area contributed by atoms with Crippen LogP contribution in [-0.2, 0) is 6.54 Å². The van der Waals surface area contributed by atoms with Crippen LogP contribution in [0.1, 0.15) is 11.1 Å². The molecule has 0 radical (unpaired) electrons. The largest absolute Gasteiger partial charge is 0.454 e. The monoisotopic (exact) mass is 265 g/mol. The first kappa shape index (κ1) is 10.3. The summed E-state index contributed by atoms with van der Waals surface area (Å²) < 4.78 is 12.9. The molecule has 5 heteroatoms. The van der Waals surface area contributed by atoms with Crippen LogP contribution in [0.5, 0.6) is 11.5 Å². The number of fused-ring (bicyclic) bond motifs is 3. The Morgan fingerprint density at radius 1 is 1.05 bits per heavy atom. The van der Waals surface area contributed by atoms with Crippen LogP contribution in [0.15, 0.2) is 24.3 Å². The van der Waals surface area contributed by atoms with Gasteiger partial charge < -0.3 is 9.47 Å². The summed E-state index contributed by atoms with van der Waals surface area (Å²) in [5, 5.41) is 8.52. The Morgan fingerprint density at radius 3 is 2.80 bits per heavy atom. The Kier molecular flexibility index (Phi) is 1.69. The Morgan fingerprint density at radius 2 is 1.90 bits per heavy atom. The topological polar surface area (TPSA) is 49.2 Å². The van der Waals surface area contributed by atoms with Crippen molar-refractivity contribution in [2.75, 3.05) is 6.79 Å². The number of aromatic nitrogens is 3. The molecule has 5 rings (SSSR count). The molecule has 2 aliphatic rings. The molecular formula is C15H11N3O2. The van der Waals surface area contributed by atoms with Crippen molar-refractivity contribution in [3.05, 3.63) is 35.4 Å². The number of hydrogen-bond donors (Lipinski definition) is 0. The molecule has 0 saturated heterocycles. The first-order valence-corrected chi connectivity index (χ1v) is 6.56. The molecule has 0 aliphatic carbocycles. The van der Waals surface area contributed by atoms with Crippen LogP contribution in [0.3, 0.4) is 0 Å². The minimum atomic E-state index is 0.299. The highest BCUT2D eigenvalue weighted by molar-refractivity contribution is 5.95. The third-order valence-electron chi connectivity index (χ3n) is 3.96. The highest BCUT2D eigenvalue weighted by Crippen LogP contribution is 2.43. The van der Waals surface area contributed by atoms with Gasteiger partial charge >= 0.3 is 0 Å². The van der Waals surface area contributed by atoms with E-state index in [0.717, 1.165) is 29.1 Å². The van der Waals surface area contributed by atoms with Gasteiger partial charge in [-0.25, -0.2) is 4.68 Å². The van der Waals surface area contributed by atoms with E-state index in [1.165, 1.54) is 22.3 Å². The van der Waals surface area contributed by atoms with Gasteiger partial charge in [0.1, 0.15) is 5.52 Å². The van der Waals surface area contributed by atoms with E-state index in [-0.39, 0.29) is 0 Å². The summed E-state index contributed by atoms with van der Waals surface area (Å²) in [5.74, 6) is 1.63. The van der Waals surface area contributed by atoms with E-state index in [4.69, 9.17) is 9.47 Å². The van der Waals surface area contributed by atoms with Crippen LogP contribution in [0.4, 0.5) is 0 Å². The van der Waals surface area contributed by atoms with E-state index in [1.54, 1.807) is 0 Å². The number of aryl methyl sites for hydroxylation is 1. The third-order valence-corrected chi connectivity index (χ3v) is 3.96. The fourth-order valence-electron chi connectivity index (χ4n) is 3.10. The van der Waals surface area contributed by atoms with E-state index in [1.807, 2.05) is 4.68 Å². The van der Waals surface area contributed by atoms with Gasteiger partial charge in [-0.3, -0.25) is 0 Å². The van der Waals surface area contributed by atoms with Gasteiger partial charge in [0.25, 0.3) is 0 Å². The average Bonchev–Trinajstić information content (AvgIpc) is 3.04. The van der Waals surface area contributed by atoms with Gasteiger partial charge in [0.15, 0.2) is 11.5 Å². The molecule has 3 aromatic rings. The van der Waals surface area contributed by atoms with Crippen molar-refractivity contribution < 1.29 is 9.47 Å². The molecular weight excluding hydrogens is 254 g/mol. The van der Waals surface area contributed by atoms with Crippen molar-refractivity contribution in [3.63, 3.8) is 0 Å². The second-order valence-corrected chi connectivity index (χ2v) is 5.29. The van der Waals surface area contributed by atoms with Crippen LogP contribution in [0.2, 0.25) is 0 Å². The molecule has 1 aromatic heterocycles. The van der Waals surface area contributed by atoms with Gasteiger partial charge in [0.2, 0.25) is 6.79 Å². The third kappa shape index (κ3) is 1.17. The Labute approximate surface area is 114 Å². The molecule has 0 unspecified atom stereocenters. The van der Waals surface area contributed by atoms with Crippen LogP contribution in [0, 0.1) is 6.92 Å². The van der Waals surface area contributed by atoms with E-state index in [0.29, 0.717) is 6.79 Å². The SMILES string of the molecule is Cc1cc2c3c(c1)nnn3Cc1cc3c(cc1-2)OCO3. The lowest BCUT2D eigenvalue weighted by Crippen LogP contribution is -2.09. The summed E-state index contributed by atoms with van der Waals surface area (Å²) in [4.78, 5) is 0. The lowest BCUT2D eigenvalue weighted by atomic mass is 9.93. The van der Waals surface area contributed by atoms with Crippen LogP contribution < -0.4 is 9.47 Å². The number of ether oxygens (including phenoxy) is 2. The number of hydrogen-bond acceptors (Lipinski definition) is 4. The van der Waals surface area contributed by atoms with E-state index in [2.05, 4.69) is 41.5 Å². The minimum absolute atomic E-state index is 0.299. The lowest BCUT2D eigenvalue weighted by Gasteiger charge is -2.18. The summed E-state index contributed by atoms with van der Waals surface area (Å²) in [7, 11) is 0. The number of nitrogens with zero attached hydrogens (tertiary/aromatic N) is 3. The van der Waals surface area contributed by atoms with Gasteiger partial charge in [-0.15, -0.1) is 5.10 Å². The molecule has 2 aromatic carbocycles. The highest BCUT2D eigenvalue weighted by atomic mass is 16.7. The second-order valence-electron chi connectivity index (χ2n) is 5.29. The van der Waals surface area contributed by atoms with Crippen molar-refractivity contribution in [1.82, 2.24) is 15.0 Å². The molecule has 98 valence electrons. The first-order valence-electron chi connectivity index (χ1n) is 6.56.